The maximum absolute atomic E-state index is 9.36. The Kier molecular flexibility index (Phi) is 7.43. The number of hydrogen-bond donors (Lipinski definition) is 2. The molecule has 6 aliphatic heterocycles. The highest BCUT2D eigenvalue weighted by Gasteiger charge is 2.49. The van der Waals surface area contributed by atoms with Gasteiger partial charge >= 0.3 is 0 Å². The van der Waals surface area contributed by atoms with Gasteiger partial charge in [-0.1, -0.05) is 12.8 Å². The fourth-order valence-electron chi connectivity index (χ4n) is 7.25. The molecule has 0 atom stereocenters. The van der Waals surface area contributed by atoms with Crippen molar-refractivity contribution >= 4 is 0 Å². The van der Waals surface area contributed by atoms with Crippen molar-refractivity contribution in [3.8, 4) is 0 Å². The predicted molar refractivity (Wildman–Crippen MR) is 121 cm³/mol. The fraction of sp³-hybridized carbons (Fsp3) is 1.00. The van der Waals surface area contributed by atoms with Crippen LogP contribution >= 0.6 is 0 Å². The number of nitrogens with zero attached hydrogens (tertiary/aromatic N) is 4. The molecule has 6 saturated heterocycles. The van der Waals surface area contributed by atoms with E-state index in [1.807, 2.05) is 0 Å². The summed E-state index contributed by atoms with van der Waals surface area (Å²) in [6, 6.07) is 0. The Hall–Kier alpha value is -0.240. The average Bonchev–Trinajstić information content (AvgIpc) is 2.79. The van der Waals surface area contributed by atoms with E-state index < -0.39 is 0 Å². The first-order valence-corrected chi connectivity index (χ1v) is 13.2. The second-order valence-electron chi connectivity index (χ2n) is 11.5. The second kappa shape index (κ2) is 9.72. The lowest BCUT2D eigenvalue weighted by molar-refractivity contribution is -1.08. The van der Waals surface area contributed by atoms with Crippen LogP contribution in [0.1, 0.15) is 38.5 Å². The molecule has 6 aliphatic rings. The minimum Gasteiger partial charge on any atom is -0.391 e. The van der Waals surface area contributed by atoms with Gasteiger partial charge in [0.1, 0.15) is 91.6 Å². The zero-order valence-corrected chi connectivity index (χ0v) is 19.7. The zero-order valence-electron chi connectivity index (χ0n) is 19.7. The summed E-state index contributed by atoms with van der Waals surface area (Å²) in [6.07, 6.45) is 8.56. The van der Waals surface area contributed by atoms with Crippen LogP contribution in [0.25, 0.3) is 0 Å². The van der Waals surface area contributed by atoms with E-state index in [4.69, 9.17) is 0 Å². The number of hydrogen-bond acceptors (Lipinski definition) is 2. The van der Waals surface area contributed by atoms with Crippen molar-refractivity contribution in [2.75, 3.05) is 118 Å². The van der Waals surface area contributed by atoms with Crippen LogP contribution in [0.2, 0.25) is 0 Å². The number of unbranched alkanes of at least 4 members (excludes halogenated alkanes) is 5. The number of fused-ring (bicyclic) bond motifs is 6. The molecule has 0 aromatic heterocycles. The zero-order chi connectivity index (χ0) is 21.0. The molecule has 2 N–H and O–H groups in total. The van der Waals surface area contributed by atoms with Crippen LogP contribution in [-0.4, -0.2) is 146 Å². The van der Waals surface area contributed by atoms with E-state index in [1.165, 1.54) is 148 Å². The van der Waals surface area contributed by atoms with Crippen LogP contribution in [0.5, 0.6) is 0 Å². The van der Waals surface area contributed by atoms with Gasteiger partial charge < -0.3 is 28.1 Å². The minimum atomic E-state index is 0.365. The van der Waals surface area contributed by atoms with Crippen LogP contribution in [0.3, 0.4) is 0 Å². The molecular formula is C24H50N4O2+4. The van der Waals surface area contributed by atoms with Gasteiger partial charge in [0.05, 0.1) is 26.3 Å². The monoisotopic (exact) mass is 426 g/mol. The standard InChI is InChI=1S/C24H50N4O2/c29-23-21-27-15-9-25(10-16-27,11-17-27)7-5-3-1-2-4-6-8-26-12-18-28(19-13-26,20-14-26)22-24-30/h29-30H,1-24H2/q+4. The van der Waals surface area contributed by atoms with Gasteiger partial charge in [0.15, 0.2) is 0 Å². The third-order valence-corrected chi connectivity index (χ3v) is 9.96. The van der Waals surface area contributed by atoms with Gasteiger partial charge in [0.25, 0.3) is 0 Å². The Morgan fingerprint density at radius 2 is 0.567 bits per heavy atom. The van der Waals surface area contributed by atoms with E-state index in [-0.39, 0.29) is 0 Å². The number of aliphatic hydroxyl groups excluding tert-OH is 2. The summed E-state index contributed by atoms with van der Waals surface area (Å²) < 4.78 is 5.19. The average molecular weight is 427 g/mol. The maximum atomic E-state index is 9.36. The van der Waals surface area contributed by atoms with Crippen LogP contribution in [0.15, 0.2) is 0 Å². The first-order chi connectivity index (χ1) is 14.6. The normalized spacial score (nSPS) is 40.2. The molecular weight excluding hydrogens is 376 g/mol. The third-order valence-electron chi connectivity index (χ3n) is 9.96. The second-order valence-corrected chi connectivity index (χ2v) is 11.5. The number of quaternary nitrogens is 4. The Labute approximate surface area is 185 Å². The molecule has 6 nitrogen and oxygen atoms in total. The van der Waals surface area contributed by atoms with Gasteiger partial charge in [-0.2, -0.15) is 0 Å². The molecule has 0 amide bonds. The largest absolute Gasteiger partial charge is 0.391 e. The molecule has 0 aromatic rings. The van der Waals surface area contributed by atoms with Gasteiger partial charge in [-0.3, -0.25) is 0 Å². The molecule has 0 aliphatic carbocycles. The number of rotatable bonds is 13. The molecule has 0 spiro atoms. The van der Waals surface area contributed by atoms with Gasteiger partial charge in [-0.05, 0) is 25.7 Å². The summed E-state index contributed by atoms with van der Waals surface area (Å²) in [4.78, 5) is 0. The fourth-order valence-corrected chi connectivity index (χ4v) is 7.25. The molecule has 30 heavy (non-hydrogen) atoms. The molecule has 6 heteroatoms. The summed E-state index contributed by atoms with van der Waals surface area (Å²) in [6.45, 7) is 21.5. The van der Waals surface area contributed by atoms with Crippen LogP contribution in [0.4, 0.5) is 0 Å². The summed E-state index contributed by atoms with van der Waals surface area (Å²) in [7, 11) is 0. The van der Waals surface area contributed by atoms with Crippen molar-refractivity contribution in [3.05, 3.63) is 0 Å². The van der Waals surface area contributed by atoms with Crippen molar-refractivity contribution in [1.29, 1.82) is 0 Å². The quantitative estimate of drug-likeness (QED) is 0.335. The molecule has 0 saturated carbocycles. The Bertz CT molecular complexity index is 458. The van der Waals surface area contributed by atoms with Crippen LogP contribution in [-0.2, 0) is 0 Å². The van der Waals surface area contributed by atoms with E-state index in [1.54, 1.807) is 0 Å². The van der Waals surface area contributed by atoms with E-state index in [0.29, 0.717) is 13.2 Å². The van der Waals surface area contributed by atoms with E-state index in [0.717, 1.165) is 13.1 Å². The first-order valence-electron chi connectivity index (χ1n) is 13.2. The lowest BCUT2D eigenvalue weighted by Crippen LogP contribution is -2.75. The maximum Gasteiger partial charge on any atom is 0.129 e. The molecule has 0 unspecified atom stereocenters. The lowest BCUT2D eigenvalue weighted by Gasteiger charge is -2.55. The van der Waals surface area contributed by atoms with Gasteiger partial charge in [0.2, 0.25) is 0 Å². The number of aliphatic hydroxyl groups is 2. The minimum absolute atomic E-state index is 0.365. The van der Waals surface area contributed by atoms with Crippen molar-refractivity contribution in [1.82, 2.24) is 0 Å². The van der Waals surface area contributed by atoms with Crippen molar-refractivity contribution in [2.24, 2.45) is 0 Å². The molecule has 6 fully saturated rings. The molecule has 174 valence electrons. The van der Waals surface area contributed by atoms with Crippen LogP contribution < -0.4 is 0 Å². The Morgan fingerprint density at radius 1 is 0.333 bits per heavy atom. The summed E-state index contributed by atoms with van der Waals surface area (Å²) in [5, 5.41) is 18.7. The Balaban J connectivity index is 1.04. The van der Waals surface area contributed by atoms with Crippen molar-refractivity contribution < 1.29 is 28.1 Å². The van der Waals surface area contributed by atoms with Gasteiger partial charge in [-0.25, -0.2) is 0 Å². The highest BCUT2D eigenvalue weighted by Crippen LogP contribution is 2.28. The Morgan fingerprint density at radius 3 is 0.833 bits per heavy atom. The van der Waals surface area contributed by atoms with E-state index in [9.17, 15) is 10.2 Å². The van der Waals surface area contributed by atoms with Crippen molar-refractivity contribution in [3.63, 3.8) is 0 Å². The molecule has 0 radical (unpaired) electrons. The smallest absolute Gasteiger partial charge is 0.129 e. The van der Waals surface area contributed by atoms with E-state index >= 15 is 0 Å². The highest BCUT2D eigenvalue weighted by molar-refractivity contribution is 4.64. The summed E-state index contributed by atoms with van der Waals surface area (Å²) in [5.41, 5.74) is 0. The molecule has 6 heterocycles. The van der Waals surface area contributed by atoms with E-state index in [2.05, 4.69) is 0 Å². The molecule has 0 aromatic carbocycles. The predicted octanol–water partition coefficient (Wildman–Crippen LogP) is 0.633. The topological polar surface area (TPSA) is 40.5 Å². The number of piperazine rings is 6. The highest BCUT2D eigenvalue weighted by atomic mass is 16.3. The van der Waals surface area contributed by atoms with Gasteiger partial charge in [0, 0.05) is 0 Å². The molecule has 4 bridgehead atoms. The molecule has 6 rings (SSSR count). The first kappa shape index (κ1) is 22.9. The summed E-state index contributed by atoms with van der Waals surface area (Å²) in [5.74, 6) is 0. The lowest BCUT2D eigenvalue weighted by atomic mass is 10.0. The summed E-state index contributed by atoms with van der Waals surface area (Å²) >= 11 is 0. The third kappa shape index (κ3) is 5.05. The van der Waals surface area contributed by atoms with Gasteiger partial charge in [-0.15, -0.1) is 0 Å². The van der Waals surface area contributed by atoms with Crippen LogP contribution in [0, 0.1) is 0 Å². The van der Waals surface area contributed by atoms with Crippen molar-refractivity contribution in [2.45, 2.75) is 38.5 Å². The SMILES string of the molecule is OCC[N+]12CC[N+](CCCCCCCC[N+]34CC[N+](CCO)(CC3)CC4)(CC1)CC2.